The van der Waals surface area contributed by atoms with Crippen LogP contribution in [0.15, 0.2) is 52.3 Å². The van der Waals surface area contributed by atoms with Crippen molar-refractivity contribution in [1.82, 2.24) is 0 Å². The van der Waals surface area contributed by atoms with Gasteiger partial charge in [-0.15, -0.1) is 0 Å². The first kappa shape index (κ1) is 17.4. The van der Waals surface area contributed by atoms with Crippen LogP contribution in [0.1, 0.15) is 12.0 Å². The highest BCUT2D eigenvalue weighted by molar-refractivity contribution is 7.89. The molecule has 0 saturated carbocycles. The van der Waals surface area contributed by atoms with Crippen LogP contribution in [-0.2, 0) is 31.4 Å². The Morgan fingerprint density at radius 1 is 0.920 bits per heavy atom. The quantitative estimate of drug-likeness (QED) is 0.758. The van der Waals surface area contributed by atoms with Crippen LogP contribution in [0.2, 0.25) is 0 Å². The molecule has 8 nitrogen and oxygen atoms in total. The zero-order valence-electron chi connectivity index (χ0n) is 12.8. The number of carbonyl (C=O) groups excluding carboxylic acids is 1. The average molecular weight is 382 g/mol. The van der Waals surface area contributed by atoms with E-state index in [2.05, 4.69) is 5.32 Å². The highest BCUT2D eigenvalue weighted by Crippen LogP contribution is 2.28. The van der Waals surface area contributed by atoms with Crippen LogP contribution >= 0.6 is 0 Å². The molecule has 1 aliphatic heterocycles. The summed E-state index contributed by atoms with van der Waals surface area (Å²) in [5.41, 5.74) is 1.40. The largest absolute Gasteiger partial charge is 0.379 e. The average Bonchev–Trinajstić information content (AvgIpc) is 2.54. The zero-order valence-corrected chi connectivity index (χ0v) is 14.4. The molecular formula is C15H14N2O6S2. The lowest BCUT2D eigenvalue weighted by molar-refractivity contribution is -0.116. The van der Waals surface area contributed by atoms with E-state index in [1.54, 1.807) is 12.1 Å². The van der Waals surface area contributed by atoms with Gasteiger partial charge in [-0.3, -0.25) is 4.79 Å². The Kier molecular flexibility index (Phi) is 4.27. The van der Waals surface area contributed by atoms with E-state index in [1.165, 1.54) is 6.07 Å². The summed E-state index contributed by atoms with van der Waals surface area (Å²) in [4.78, 5) is 10.9. The smallest absolute Gasteiger partial charge is 0.339 e. The van der Waals surface area contributed by atoms with Crippen molar-refractivity contribution in [3.8, 4) is 5.75 Å². The molecule has 132 valence electrons. The van der Waals surface area contributed by atoms with E-state index in [-0.39, 0.29) is 21.4 Å². The van der Waals surface area contributed by atoms with Crippen molar-refractivity contribution in [2.75, 3.05) is 5.32 Å². The minimum atomic E-state index is -4.14. The molecule has 0 saturated heterocycles. The Morgan fingerprint density at radius 2 is 1.56 bits per heavy atom. The predicted molar refractivity (Wildman–Crippen MR) is 89.0 cm³/mol. The maximum Gasteiger partial charge on any atom is 0.339 e. The first-order chi connectivity index (χ1) is 11.6. The Hall–Kier alpha value is -2.43. The second-order valence-corrected chi connectivity index (χ2v) is 8.53. The van der Waals surface area contributed by atoms with Crippen LogP contribution in [0.5, 0.6) is 5.75 Å². The van der Waals surface area contributed by atoms with E-state index in [1.807, 2.05) is 0 Å². The summed E-state index contributed by atoms with van der Waals surface area (Å²) in [6.45, 7) is 0. The standard InChI is InChI=1S/C15H14N2O6S2/c16-24(19,20)12-3-5-13(6-4-12)25(21,22)23-11-2-7-14-10(9-11)1-8-15(18)17-14/h2-7,9H,1,8H2,(H,17,18)(H2,16,19,20). The molecule has 3 rings (SSSR count). The number of rotatable bonds is 4. The number of aryl methyl sites for hydroxylation is 1. The van der Waals surface area contributed by atoms with Crippen LogP contribution in [0.25, 0.3) is 0 Å². The lowest BCUT2D eigenvalue weighted by Crippen LogP contribution is -2.19. The van der Waals surface area contributed by atoms with Gasteiger partial charge < -0.3 is 9.50 Å². The fourth-order valence-corrected chi connectivity index (χ4v) is 3.82. The summed E-state index contributed by atoms with van der Waals surface area (Å²) in [6, 6.07) is 8.94. The summed E-state index contributed by atoms with van der Waals surface area (Å²) < 4.78 is 52.1. The third-order valence-corrected chi connectivity index (χ3v) is 5.81. The molecule has 0 fully saturated rings. The van der Waals surface area contributed by atoms with E-state index in [4.69, 9.17) is 9.32 Å². The van der Waals surface area contributed by atoms with Crippen LogP contribution in [0, 0.1) is 0 Å². The monoisotopic (exact) mass is 382 g/mol. The van der Waals surface area contributed by atoms with Crippen molar-refractivity contribution in [2.45, 2.75) is 22.6 Å². The van der Waals surface area contributed by atoms with E-state index < -0.39 is 20.1 Å². The topological polar surface area (TPSA) is 133 Å². The van der Waals surface area contributed by atoms with Crippen LogP contribution in [-0.4, -0.2) is 22.7 Å². The number of hydrogen-bond acceptors (Lipinski definition) is 6. The molecule has 0 atom stereocenters. The van der Waals surface area contributed by atoms with E-state index in [9.17, 15) is 21.6 Å². The second kappa shape index (κ2) is 6.14. The molecule has 0 radical (unpaired) electrons. The van der Waals surface area contributed by atoms with Crippen molar-refractivity contribution < 1.29 is 25.8 Å². The fraction of sp³-hybridized carbons (Fsp3) is 0.133. The number of sulfonamides is 1. The first-order valence-corrected chi connectivity index (χ1v) is 10.1. The van der Waals surface area contributed by atoms with E-state index in [0.29, 0.717) is 18.5 Å². The van der Waals surface area contributed by atoms with Gasteiger partial charge in [0.15, 0.2) is 0 Å². The van der Waals surface area contributed by atoms with Gasteiger partial charge in [0.2, 0.25) is 15.9 Å². The van der Waals surface area contributed by atoms with Crippen molar-refractivity contribution in [3.63, 3.8) is 0 Å². The van der Waals surface area contributed by atoms with Gasteiger partial charge >= 0.3 is 10.1 Å². The van der Waals surface area contributed by atoms with Crippen LogP contribution < -0.4 is 14.6 Å². The Balaban J connectivity index is 1.85. The van der Waals surface area contributed by atoms with Gasteiger partial charge in [0.1, 0.15) is 10.6 Å². The molecule has 0 unspecified atom stereocenters. The molecule has 2 aromatic carbocycles. The summed E-state index contributed by atoms with van der Waals surface area (Å²) in [5, 5.41) is 7.66. The zero-order chi connectivity index (χ0) is 18.2. The highest BCUT2D eigenvalue weighted by atomic mass is 32.2. The summed E-state index contributed by atoms with van der Waals surface area (Å²) in [7, 11) is -8.04. The fourth-order valence-electron chi connectivity index (χ4n) is 2.38. The minimum absolute atomic E-state index is 0.0938. The number of anilines is 1. The number of benzene rings is 2. The predicted octanol–water partition coefficient (Wildman–Crippen LogP) is 0.986. The number of fused-ring (bicyclic) bond motifs is 1. The number of amides is 1. The molecule has 0 aromatic heterocycles. The normalized spacial score (nSPS) is 14.5. The first-order valence-electron chi connectivity index (χ1n) is 7.15. The molecule has 1 heterocycles. The number of hydrogen-bond donors (Lipinski definition) is 2. The van der Waals surface area contributed by atoms with Crippen LogP contribution in [0.3, 0.4) is 0 Å². The van der Waals surface area contributed by atoms with Gasteiger partial charge in [-0.2, -0.15) is 8.42 Å². The Labute approximate surface area is 144 Å². The SMILES string of the molecule is NS(=O)(=O)c1ccc(S(=O)(=O)Oc2ccc3c(c2)CCC(=O)N3)cc1. The van der Waals surface area contributed by atoms with Crippen molar-refractivity contribution >= 4 is 31.7 Å². The maximum absolute atomic E-state index is 12.3. The molecule has 25 heavy (non-hydrogen) atoms. The highest BCUT2D eigenvalue weighted by Gasteiger charge is 2.20. The summed E-state index contributed by atoms with van der Waals surface area (Å²) in [6.07, 6.45) is 0.805. The lowest BCUT2D eigenvalue weighted by Gasteiger charge is -2.17. The number of nitrogens with two attached hydrogens (primary N) is 1. The third kappa shape index (κ3) is 3.81. The minimum Gasteiger partial charge on any atom is -0.379 e. The molecule has 0 spiro atoms. The second-order valence-electron chi connectivity index (χ2n) is 5.42. The molecule has 0 bridgehead atoms. The van der Waals surface area contributed by atoms with Gasteiger partial charge in [-0.25, -0.2) is 13.6 Å². The van der Waals surface area contributed by atoms with Crippen molar-refractivity contribution in [2.24, 2.45) is 5.14 Å². The lowest BCUT2D eigenvalue weighted by atomic mass is 10.0. The van der Waals surface area contributed by atoms with Gasteiger partial charge in [0.05, 0.1) is 4.90 Å². The van der Waals surface area contributed by atoms with Gasteiger partial charge in [0, 0.05) is 12.1 Å². The maximum atomic E-state index is 12.3. The van der Waals surface area contributed by atoms with E-state index >= 15 is 0 Å². The molecule has 3 N–H and O–H groups in total. The molecule has 1 aliphatic rings. The molecule has 1 amide bonds. The van der Waals surface area contributed by atoms with Crippen molar-refractivity contribution in [3.05, 3.63) is 48.0 Å². The molecule has 10 heteroatoms. The molecule has 0 aliphatic carbocycles. The summed E-state index contributed by atoms with van der Waals surface area (Å²) in [5.74, 6) is 0.00848. The van der Waals surface area contributed by atoms with Gasteiger partial charge in [-0.1, -0.05) is 0 Å². The van der Waals surface area contributed by atoms with Gasteiger partial charge in [-0.05, 0) is 54.4 Å². The summed E-state index contributed by atoms with van der Waals surface area (Å²) >= 11 is 0. The third-order valence-electron chi connectivity index (χ3n) is 3.62. The Morgan fingerprint density at radius 3 is 2.20 bits per heavy atom. The molecule has 2 aromatic rings. The number of carbonyl (C=O) groups is 1. The Bertz CT molecular complexity index is 1040. The molecular weight excluding hydrogens is 368 g/mol. The van der Waals surface area contributed by atoms with Gasteiger partial charge in [0.25, 0.3) is 0 Å². The van der Waals surface area contributed by atoms with E-state index in [0.717, 1.165) is 29.8 Å². The number of nitrogens with one attached hydrogen (secondary N) is 1. The van der Waals surface area contributed by atoms with Crippen LogP contribution in [0.4, 0.5) is 5.69 Å². The van der Waals surface area contributed by atoms with Crippen molar-refractivity contribution in [1.29, 1.82) is 0 Å². The number of primary sulfonamides is 1.